The number of nitro groups is 1. The van der Waals surface area contributed by atoms with Gasteiger partial charge >= 0.3 is 5.69 Å². The predicted molar refractivity (Wildman–Crippen MR) is 66.8 cm³/mol. The molecular formula is C11H17N3O4. The fraction of sp³-hybridized carbons (Fsp3) is 0.545. The highest BCUT2D eigenvalue weighted by molar-refractivity contribution is 5.59. The number of ether oxygens (including phenoxy) is 2. The number of anilines is 1. The molecule has 0 atom stereocenters. The third-order valence-corrected chi connectivity index (χ3v) is 2.28. The summed E-state index contributed by atoms with van der Waals surface area (Å²) in [5.74, 6) is 0.273. The standard InChI is InChI=1S/C11H17N3O4/c1-9-3-4-12-11(10(9)14(15)16)13-5-6-18-8-7-17-2/h3-4H,5-8H2,1-2H3,(H,12,13). The molecular weight excluding hydrogens is 238 g/mol. The van der Waals surface area contributed by atoms with Crippen molar-refractivity contribution >= 4 is 11.5 Å². The van der Waals surface area contributed by atoms with Crippen LogP contribution in [0.25, 0.3) is 0 Å². The summed E-state index contributed by atoms with van der Waals surface area (Å²) in [6.07, 6.45) is 1.54. The molecule has 1 aromatic rings. The minimum absolute atomic E-state index is 0.00870. The number of aromatic nitrogens is 1. The first kappa shape index (κ1) is 14.3. The van der Waals surface area contributed by atoms with Crippen molar-refractivity contribution in [1.82, 2.24) is 4.98 Å². The minimum Gasteiger partial charge on any atom is -0.382 e. The first-order chi connectivity index (χ1) is 8.66. The topological polar surface area (TPSA) is 86.5 Å². The molecule has 0 aromatic carbocycles. The molecule has 0 bridgehead atoms. The number of nitrogens with one attached hydrogen (secondary N) is 1. The fourth-order valence-corrected chi connectivity index (χ4v) is 1.40. The molecule has 1 heterocycles. The molecule has 0 aliphatic carbocycles. The summed E-state index contributed by atoms with van der Waals surface area (Å²) in [6.45, 7) is 3.61. The molecule has 1 aromatic heterocycles. The Morgan fingerprint density at radius 3 is 2.89 bits per heavy atom. The van der Waals surface area contributed by atoms with Gasteiger partial charge in [-0.1, -0.05) is 0 Å². The van der Waals surface area contributed by atoms with Crippen molar-refractivity contribution < 1.29 is 14.4 Å². The number of methoxy groups -OCH3 is 1. The van der Waals surface area contributed by atoms with Crippen LogP contribution in [-0.2, 0) is 9.47 Å². The molecule has 0 aliphatic heterocycles. The maximum atomic E-state index is 10.9. The molecule has 18 heavy (non-hydrogen) atoms. The van der Waals surface area contributed by atoms with Gasteiger partial charge in [-0.15, -0.1) is 0 Å². The summed E-state index contributed by atoms with van der Waals surface area (Å²) in [5, 5.41) is 13.8. The zero-order chi connectivity index (χ0) is 13.4. The van der Waals surface area contributed by atoms with Gasteiger partial charge in [0, 0.05) is 25.4 Å². The molecule has 100 valence electrons. The lowest BCUT2D eigenvalue weighted by Crippen LogP contribution is -2.14. The summed E-state index contributed by atoms with van der Waals surface area (Å²) in [7, 11) is 1.60. The molecule has 1 rings (SSSR count). The van der Waals surface area contributed by atoms with Crippen molar-refractivity contribution in [2.24, 2.45) is 0 Å². The average molecular weight is 255 g/mol. The second-order valence-electron chi connectivity index (χ2n) is 3.61. The molecule has 0 saturated carbocycles. The van der Waals surface area contributed by atoms with E-state index in [1.165, 1.54) is 6.20 Å². The zero-order valence-corrected chi connectivity index (χ0v) is 10.5. The van der Waals surface area contributed by atoms with Crippen molar-refractivity contribution in [3.8, 4) is 0 Å². The van der Waals surface area contributed by atoms with E-state index in [4.69, 9.17) is 9.47 Å². The van der Waals surface area contributed by atoms with Crippen molar-refractivity contribution in [2.75, 3.05) is 38.8 Å². The molecule has 0 radical (unpaired) electrons. The van der Waals surface area contributed by atoms with Crippen molar-refractivity contribution in [1.29, 1.82) is 0 Å². The van der Waals surface area contributed by atoms with Gasteiger partial charge in [-0.05, 0) is 13.0 Å². The summed E-state index contributed by atoms with van der Waals surface area (Å²) in [5.41, 5.74) is 0.590. The Bertz CT molecular complexity index is 398. The Kier molecular flexibility index (Phi) is 6.03. The SMILES string of the molecule is COCCOCCNc1nccc(C)c1[N+](=O)[O-]. The van der Waals surface area contributed by atoms with Gasteiger partial charge in [-0.2, -0.15) is 0 Å². The molecule has 0 amide bonds. The molecule has 0 spiro atoms. The van der Waals surface area contributed by atoms with E-state index in [1.807, 2.05) is 0 Å². The Labute approximate surface area is 105 Å². The van der Waals surface area contributed by atoms with Crippen LogP contribution in [0.4, 0.5) is 11.5 Å². The molecule has 0 fully saturated rings. The number of hydrogen-bond donors (Lipinski definition) is 1. The van der Waals surface area contributed by atoms with Gasteiger partial charge in [-0.25, -0.2) is 4.98 Å². The fourth-order valence-electron chi connectivity index (χ4n) is 1.40. The van der Waals surface area contributed by atoms with Crippen LogP contribution in [0.3, 0.4) is 0 Å². The summed E-state index contributed by atoms with van der Waals surface area (Å²) in [6, 6.07) is 1.61. The number of nitrogens with zero attached hydrogens (tertiary/aromatic N) is 2. The molecule has 1 N–H and O–H groups in total. The minimum atomic E-state index is -0.434. The lowest BCUT2D eigenvalue weighted by Gasteiger charge is -2.07. The van der Waals surface area contributed by atoms with E-state index in [2.05, 4.69) is 10.3 Å². The van der Waals surface area contributed by atoms with Gasteiger partial charge in [0.15, 0.2) is 0 Å². The van der Waals surface area contributed by atoms with E-state index < -0.39 is 4.92 Å². The van der Waals surface area contributed by atoms with E-state index in [9.17, 15) is 10.1 Å². The van der Waals surface area contributed by atoms with Gasteiger partial charge in [0.1, 0.15) is 0 Å². The highest BCUT2D eigenvalue weighted by Gasteiger charge is 2.17. The monoisotopic (exact) mass is 255 g/mol. The Hall–Kier alpha value is -1.73. The van der Waals surface area contributed by atoms with E-state index >= 15 is 0 Å². The third kappa shape index (κ3) is 4.27. The van der Waals surface area contributed by atoms with E-state index in [1.54, 1.807) is 20.1 Å². The van der Waals surface area contributed by atoms with Crippen LogP contribution in [0.1, 0.15) is 5.56 Å². The van der Waals surface area contributed by atoms with Crippen LogP contribution >= 0.6 is 0 Å². The van der Waals surface area contributed by atoms with Crippen LogP contribution in [0.5, 0.6) is 0 Å². The number of aryl methyl sites for hydroxylation is 1. The van der Waals surface area contributed by atoms with Crippen LogP contribution in [0, 0.1) is 17.0 Å². The molecule has 0 saturated heterocycles. The Morgan fingerprint density at radius 2 is 2.22 bits per heavy atom. The lowest BCUT2D eigenvalue weighted by atomic mass is 10.2. The summed E-state index contributed by atoms with van der Waals surface area (Å²) >= 11 is 0. The predicted octanol–water partition coefficient (Wildman–Crippen LogP) is 1.37. The first-order valence-corrected chi connectivity index (χ1v) is 5.57. The first-order valence-electron chi connectivity index (χ1n) is 5.57. The maximum absolute atomic E-state index is 10.9. The van der Waals surface area contributed by atoms with E-state index in [0.29, 0.717) is 31.9 Å². The van der Waals surface area contributed by atoms with Gasteiger partial charge in [0.25, 0.3) is 0 Å². The molecule has 7 nitrogen and oxygen atoms in total. The normalized spacial score (nSPS) is 10.3. The number of rotatable bonds is 8. The van der Waals surface area contributed by atoms with E-state index in [-0.39, 0.29) is 11.5 Å². The zero-order valence-electron chi connectivity index (χ0n) is 10.5. The molecule has 7 heteroatoms. The molecule has 0 unspecified atom stereocenters. The highest BCUT2D eigenvalue weighted by atomic mass is 16.6. The second kappa shape index (κ2) is 7.57. The van der Waals surface area contributed by atoms with Crippen LogP contribution in [0.15, 0.2) is 12.3 Å². The van der Waals surface area contributed by atoms with E-state index in [0.717, 1.165) is 0 Å². The Balaban J connectivity index is 2.47. The largest absolute Gasteiger partial charge is 0.382 e. The van der Waals surface area contributed by atoms with Gasteiger partial charge in [0.05, 0.1) is 24.7 Å². The quantitative estimate of drug-likeness (QED) is 0.429. The lowest BCUT2D eigenvalue weighted by molar-refractivity contribution is -0.384. The third-order valence-electron chi connectivity index (χ3n) is 2.28. The summed E-state index contributed by atoms with van der Waals surface area (Å²) in [4.78, 5) is 14.4. The smallest absolute Gasteiger partial charge is 0.314 e. The maximum Gasteiger partial charge on any atom is 0.314 e. The van der Waals surface area contributed by atoms with Gasteiger partial charge in [0.2, 0.25) is 5.82 Å². The second-order valence-corrected chi connectivity index (χ2v) is 3.61. The van der Waals surface area contributed by atoms with Crippen LogP contribution < -0.4 is 5.32 Å². The van der Waals surface area contributed by atoms with Crippen LogP contribution in [-0.4, -0.2) is 43.4 Å². The highest BCUT2D eigenvalue weighted by Crippen LogP contribution is 2.24. The number of hydrogen-bond acceptors (Lipinski definition) is 6. The van der Waals surface area contributed by atoms with Crippen LogP contribution in [0.2, 0.25) is 0 Å². The molecule has 0 aliphatic rings. The summed E-state index contributed by atoms with van der Waals surface area (Å²) < 4.78 is 10.1. The average Bonchev–Trinajstić information content (AvgIpc) is 2.33. The van der Waals surface area contributed by atoms with Crippen molar-refractivity contribution in [3.63, 3.8) is 0 Å². The van der Waals surface area contributed by atoms with Crippen molar-refractivity contribution in [2.45, 2.75) is 6.92 Å². The van der Waals surface area contributed by atoms with Gasteiger partial charge < -0.3 is 14.8 Å². The number of pyridine rings is 1. The Morgan fingerprint density at radius 1 is 1.44 bits per heavy atom. The van der Waals surface area contributed by atoms with Gasteiger partial charge in [-0.3, -0.25) is 10.1 Å². The van der Waals surface area contributed by atoms with Crippen molar-refractivity contribution in [3.05, 3.63) is 27.9 Å².